The highest BCUT2D eigenvalue weighted by molar-refractivity contribution is 7.89. The second-order valence-electron chi connectivity index (χ2n) is 7.56. The van der Waals surface area contributed by atoms with Gasteiger partial charge in [-0.15, -0.1) is 0 Å². The predicted molar refractivity (Wildman–Crippen MR) is 117 cm³/mol. The molecule has 4 N–H and O–H groups in total. The lowest BCUT2D eigenvalue weighted by Gasteiger charge is -2.17. The smallest absolute Gasteiger partial charge is 0.238 e. The van der Waals surface area contributed by atoms with Crippen molar-refractivity contribution in [1.29, 1.82) is 5.26 Å². The van der Waals surface area contributed by atoms with E-state index in [9.17, 15) is 13.7 Å². The van der Waals surface area contributed by atoms with Crippen LogP contribution in [0.15, 0.2) is 53.6 Å². The van der Waals surface area contributed by atoms with Crippen molar-refractivity contribution in [3.8, 4) is 6.07 Å². The fourth-order valence-electron chi connectivity index (χ4n) is 3.82. The topological polar surface area (TPSA) is 121 Å². The number of hydrogen-bond acceptors (Lipinski definition) is 6. The quantitative estimate of drug-likeness (QED) is 0.558. The van der Waals surface area contributed by atoms with E-state index in [1.54, 1.807) is 18.3 Å². The van der Waals surface area contributed by atoms with Gasteiger partial charge in [0.25, 0.3) is 0 Å². The molecule has 1 aliphatic rings. The van der Waals surface area contributed by atoms with Gasteiger partial charge in [0, 0.05) is 29.9 Å². The Labute approximate surface area is 176 Å². The van der Waals surface area contributed by atoms with E-state index < -0.39 is 10.0 Å². The molecule has 154 valence electrons. The zero-order valence-electron chi connectivity index (χ0n) is 16.4. The van der Waals surface area contributed by atoms with Crippen LogP contribution in [0.4, 0.5) is 11.4 Å². The van der Waals surface area contributed by atoms with Crippen molar-refractivity contribution in [3.63, 3.8) is 0 Å². The highest BCUT2D eigenvalue weighted by Gasteiger charge is 2.18. The number of pyridine rings is 1. The van der Waals surface area contributed by atoms with Gasteiger partial charge < -0.3 is 10.6 Å². The Morgan fingerprint density at radius 3 is 2.53 bits per heavy atom. The molecule has 30 heavy (non-hydrogen) atoms. The molecule has 1 heterocycles. The predicted octanol–water partition coefficient (Wildman–Crippen LogP) is 3.72. The zero-order valence-corrected chi connectivity index (χ0v) is 17.2. The van der Waals surface area contributed by atoms with Crippen molar-refractivity contribution < 1.29 is 8.42 Å². The number of rotatable bonds is 6. The largest absolute Gasteiger partial charge is 0.381 e. The fraction of sp³-hybridized carbons (Fsp3) is 0.273. The minimum absolute atomic E-state index is 0.0923. The van der Waals surface area contributed by atoms with Gasteiger partial charge >= 0.3 is 0 Å². The Kier molecular flexibility index (Phi) is 5.57. The number of nitrogens with two attached hydrogens (primary N) is 1. The molecular weight excluding hydrogens is 398 g/mol. The SMILES string of the molecule is N#Cc1cnc2ccc(NCc3ccc(S(N)(=O)=O)cc3)cc2c1NC1CCCC1. The van der Waals surface area contributed by atoms with Crippen molar-refractivity contribution in [2.75, 3.05) is 10.6 Å². The molecule has 0 atom stereocenters. The van der Waals surface area contributed by atoms with Gasteiger partial charge in [0.15, 0.2) is 0 Å². The Morgan fingerprint density at radius 1 is 1.13 bits per heavy atom. The summed E-state index contributed by atoms with van der Waals surface area (Å²) in [5.74, 6) is 0. The summed E-state index contributed by atoms with van der Waals surface area (Å²) in [6.07, 6.45) is 6.27. The monoisotopic (exact) mass is 421 g/mol. The van der Waals surface area contributed by atoms with Crippen LogP contribution in [0.3, 0.4) is 0 Å². The molecule has 1 aliphatic carbocycles. The highest BCUT2D eigenvalue weighted by Crippen LogP contribution is 2.31. The van der Waals surface area contributed by atoms with Gasteiger partial charge in [-0.1, -0.05) is 25.0 Å². The second kappa shape index (κ2) is 8.30. The van der Waals surface area contributed by atoms with Crippen molar-refractivity contribution in [1.82, 2.24) is 4.98 Å². The molecular formula is C22H23N5O2S. The molecule has 7 nitrogen and oxygen atoms in total. The first-order valence-corrected chi connectivity index (χ1v) is 11.4. The molecule has 4 rings (SSSR count). The maximum absolute atomic E-state index is 11.4. The summed E-state index contributed by atoms with van der Waals surface area (Å²) in [5, 5.41) is 22.5. The first kappa shape index (κ1) is 20.1. The summed E-state index contributed by atoms with van der Waals surface area (Å²) in [6, 6.07) is 15.0. The van der Waals surface area contributed by atoms with E-state index in [-0.39, 0.29) is 4.90 Å². The fourth-order valence-corrected chi connectivity index (χ4v) is 4.33. The highest BCUT2D eigenvalue weighted by atomic mass is 32.2. The van der Waals surface area contributed by atoms with Crippen LogP contribution in [0.25, 0.3) is 10.9 Å². The molecule has 3 aromatic rings. The summed E-state index contributed by atoms with van der Waals surface area (Å²) < 4.78 is 22.8. The Hall–Kier alpha value is -3.15. The number of fused-ring (bicyclic) bond motifs is 1. The van der Waals surface area contributed by atoms with Gasteiger partial charge in [-0.25, -0.2) is 13.6 Å². The molecule has 0 amide bonds. The van der Waals surface area contributed by atoms with E-state index in [0.29, 0.717) is 18.2 Å². The van der Waals surface area contributed by atoms with Crippen molar-refractivity contribution >= 4 is 32.3 Å². The number of nitriles is 1. The van der Waals surface area contributed by atoms with Crippen LogP contribution in [0, 0.1) is 11.3 Å². The third-order valence-electron chi connectivity index (χ3n) is 5.44. The van der Waals surface area contributed by atoms with Crippen molar-refractivity contribution in [3.05, 3.63) is 59.8 Å². The first-order chi connectivity index (χ1) is 14.4. The van der Waals surface area contributed by atoms with Gasteiger partial charge in [-0.2, -0.15) is 5.26 Å². The number of anilines is 2. The normalized spacial score (nSPS) is 14.5. The lowest BCUT2D eigenvalue weighted by atomic mass is 10.1. The van der Waals surface area contributed by atoms with Gasteiger partial charge in [-0.3, -0.25) is 4.98 Å². The van der Waals surface area contributed by atoms with Crippen LogP contribution >= 0.6 is 0 Å². The standard InChI is InChI=1S/C22H23N5O2S/c23-12-16-14-26-21-10-7-18(11-20(21)22(16)27-17-3-1-2-4-17)25-13-15-5-8-19(9-6-15)30(24,28)29/h5-11,14,17,25H,1-4,13H2,(H,26,27)(H2,24,28,29). The zero-order chi connectivity index (χ0) is 21.1. The van der Waals surface area contributed by atoms with E-state index in [2.05, 4.69) is 21.7 Å². The lowest BCUT2D eigenvalue weighted by Crippen LogP contribution is -2.16. The first-order valence-electron chi connectivity index (χ1n) is 9.89. The van der Waals surface area contributed by atoms with E-state index in [1.807, 2.05) is 18.2 Å². The van der Waals surface area contributed by atoms with Crippen molar-refractivity contribution in [2.24, 2.45) is 5.14 Å². The summed E-state index contributed by atoms with van der Waals surface area (Å²) in [7, 11) is -3.69. The van der Waals surface area contributed by atoms with Crippen LogP contribution in [-0.2, 0) is 16.6 Å². The average molecular weight is 422 g/mol. The van der Waals surface area contributed by atoms with E-state index in [0.717, 1.165) is 40.7 Å². The van der Waals surface area contributed by atoms with Crippen LogP contribution in [0.2, 0.25) is 0 Å². The second-order valence-corrected chi connectivity index (χ2v) is 9.12. The maximum Gasteiger partial charge on any atom is 0.238 e. The number of sulfonamides is 1. The molecule has 0 unspecified atom stereocenters. The number of hydrogen-bond donors (Lipinski definition) is 3. The lowest BCUT2D eigenvalue weighted by molar-refractivity contribution is 0.598. The molecule has 0 radical (unpaired) electrons. The van der Waals surface area contributed by atoms with Gasteiger partial charge in [0.1, 0.15) is 6.07 Å². The molecule has 0 saturated heterocycles. The molecule has 0 spiro atoms. The Bertz CT molecular complexity index is 1210. The van der Waals surface area contributed by atoms with Gasteiger partial charge in [-0.05, 0) is 48.7 Å². The van der Waals surface area contributed by atoms with Gasteiger partial charge in [0.05, 0.1) is 21.7 Å². The summed E-state index contributed by atoms with van der Waals surface area (Å²) >= 11 is 0. The molecule has 1 fully saturated rings. The number of nitrogens with one attached hydrogen (secondary N) is 2. The van der Waals surface area contributed by atoms with Gasteiger partial charge in [0.2, 0.25) is 10.0 Å². The average Bonchev–Trinajstić information content (AvgIpc) is 3.25. The van der Waals surface area contributed by atoms with Crippen molar-refractivity contribution in [2.45, 2.75) is 43.2 Å². The third-order valence-corrected chi connectivity index (χ3v) is 6.37. The summed E-state index contributed by atoms with van der Waals surface area (Å²) in [5.41, 5.74) is 4.04. The minimum Gasteiger partial charge on any atom is -0.381 e. The molecule has 0 bridgehead atoms. The number of nitrogens with zero attached hydrogens (tertiary/aromatic N) is 2. The molecule has 0 aliphatic heterocycles. The minimum atomic E-state index is -3.69. The molecule has 1 aromatic heterocycles. The molecule has 8 heteroatoms. The number of aromatic nitrogens is 1. The summed E-state index contributed by atoms with van der Waals surface area (Å²) in [4.78, 5) is 4.51. The Balaban J connectivity index is 1.58. The molecule has 1 saturated carbocycles. The maximum atomic E-state index is 11.4. The number of benzene rings is 2. The van der Waals surface area contributed by atoms with E-state index in [4.69, 9.17) is 5.14 Å². The van der Waals surface area contributed by atoms with E-state index in [1.165, 1.54) is 25.0 Å². The van der Waals surface area contributed by atoms with E-state index >= 15 is 0 Å². The Morgan fingerprint density at radius 2 is 1.87 bits per heavy atom. The summed E-state index contributed by atoms with van der Waals surface area (Å²) in [6.45, 7) is 0.521. The van der Waals surface area contributed by atoms with Crippen LogP contribution in [0.1, 0.15) is 36.8 Å². The van der Waals surface area contributed by atoms with Crippen LogP contribution < -0.4 is 15.8 Å². The third kappa shape index (κ3) is 4.37. The van der Waals surface area contributed by atoms with Crippen LogP contribution in [-0.4, -0.2) is 19.4 Å². The molecule has 2 aromatic carbocycles. The number of primary sulfonamides is 1. The van der Waals surface area contributed by atoms with Crippen LogP contribution in [0.5, 0.6) is 0 Å².